The Hall–Kier alpha value is -0.410. The molecular weight excluding hydrogens is 230 g/mol. The summed E-state index contributed by atoms with van der Waals surface area (Å²) in [6, 6.07) is 2.05. The molecule has 13 heavy (non-hydrogen) atoms. The normalized spacial score (nSPS) is 10.5. The van der Waals surface area contributed by atoms with Crippen molar-refractivity contribution in [2.24, 2.45) is 0 Å². The molecule has 0 unspecified atom stereocenters. The van der Waals surface area contributed by atoms with Gasteiger partial charge in [0.15, 0.2) is 0 Å². The van der Waals surface area contributed by atoms with Crippen molar-refractivity contribution in [2.45, 2.75) is 33.3 Å². The van der Waals surface area contributed by atoms with Gasteiger partial charge in [0.1, 0.15) is 0 Å². The van der Waals surface area contributed by atoms with Gasteiger partial charge < -0.3 is 5.11 Å². The molecule has 1 rings (SSSR count). The maximum absolute atomic E-state index is 8.97. The van der Waals surface area contributed by atoms with Gasteiger partial charge in [0.05, 0.1) is 12.3 Å². The van der Waals surface area contributed by atoms with Crippen molar-refractivity contribution < 1.29 is 5.11 Å². The molecule has 0 aliphatic heterocycles. The van der Waals surface area contributed by atoms with Crippen molar-refractivity contribution in [3.63, 3.8) is 0 Å². The molecule has 1 N–H and O–H groups in total. The van der Waals surface area contributed by atoms with Crippen LogP contribution in [0.5, 0.6) is 0 Å². The van der Waals surface area contributed by atoms with Crippen LogP contribution in [0.3, 0.4) is 0 Å². The number of rotatable bonds is 3. The van der Waals surface area contributed by atoms with Crippen LogP contribution in [0, 0.1) is 6.92 Å². The van der Waals surface area contributed by atoms with Crippen molar-refractivity contribution in [2.75, 3.05) is 0 Å². The minimum absolute atomic E-state index is 0.00612. The van der Waals surface area contributed by atoms with Gasteiger partial charge in [-0.1, -0.05) is 13.3 Å². The zero-order valence-corrected chi connectivity index (χ0v) is 9.56. The molecular formula is C10H14BrNO. The Balaban J connectivity index is 3.05. The second kappa shape index (κ2) is 4.72. The standard InChI is InChI=1S/C10H14BrNO/c1-3-4-8-5-9(11)10(6-13)12-7(8)2/h5,13H,3-4,6H2,1-2H3. The third-order valence-electron chi connectivity index (χ3n) is 2.01. The van der Waals surface area contributed by atoms with Crippen LogP contribution in [-0.2, 0) is 13.0 Å². The van der Waals surface area contributed by atoms with Crippen LogP contribution < -0.4 is 0 Å². The molecule has 3 heteroatoms. The maximum atomic E-state index is 8.97. The molecule has 0 spiro atoms. The molecule has 1 aromatic heterocycles. The molecule has 0 radical (unpaired) electrons. The first-order chi connectivity index (χ1) is 6.19. The summed E-state index contributed by atoms with van der Waals surface area (Å²) in [4.78, 5) is 4.31. The van der Waals surface area contributed by atoms with E-state index in [1.807, 2.05) is 6.92 Å². The molecule has 1 heterocycles. The average Bonchev–Trinajstić information content (AvgIpc) is 2.11. The van der Waals surface area contributed by atoms with Gasteiger partial charge >= 0.3 is 0 Å². The molecule has 0 saturated carbocycles. The highest BCUT2D eigenvalue weighted by Gasteiger charge is 2.05. The van der Waals surface area contributed by atoms with Crippen molar-refractivity contribution in [1.82, 2.24) is 4.98 Å². The lowest BCUT2D eigenvalue weighted by atomic mass is 10.1. The van der Waals surface area contributed by atoms with Crippen molar-refractivity contribution >= 4 is 15.9 Å². The average molecular weight is 244 g/mol. The summed E-state index contributed by atoms with van der Waals surface area (Å²) in [6.07, 6.45) is 2.16. The number of nitrogens with zero attached hydrogens (tertiary/aromatic N) is 1. The molecule has 0 bridgehead atoms. The predicted octanol–water partition coefficient (Wildman–Crippen LogP) is 2.60. The van der Waals surface area contributed by atoms with E-state index in [9.17, 15) is 0 Å². The highest BCUT2D eigenvalue weighted by molar-refractivity contribution is 9.10. The van der Waals surface area contributed by atoms with Crippen LogP contribution in [-0.4, -0.2) is 10.1 Å². The summed E-state index contributed by atoms with van der Waals surface area (Å²) >= 11 is 3.39. The lowest BCUT2D eigenvalue weighted by Crippen LogP contribution is -1.98. The van der Waals surface area contributed by atoms with E-state index in [0.29, 0.717) is 0 Å². The number of hydrogen-bond acceptors (Lipinski definition) is 2. The fourth-order valence-electron chi connectivity index (χ4n) is 1.30. The van der Waals surface area contributed by atoms with Gasteiger partial charge in [-0.2, -0.15) is 0 Å². The van der Waals surface area contributed by atoms with Gasteiger partial charge in [0, 0.05) is 10.2 Å². The molecule has 0 fully saturated rings. The van der Waals surface area contributed by atoms with Crippen molar-refractivity contribution in [3.05, 3.63) is 27.5 Å². The summed E-state index contributed by atoms with van der Waals surface area (Å²) < 4.78 is 0.907. The monoisotopic (exact) mass is 243 g/mol. The minimum atomic E-state index is -0.00612. The number of halogens is 1. The lowest BCUT2D eigenvalue weighted by molar-refractivity contribution is 0.275. The molecule has 72 valence electrons. The number of aliphatic hydroxyl groups is 1. The third-order valence-corrected chi connectivity index (χ3v) is 2.70. The highest BCUT2D eigenvalue weighted by Crippen LogP contribution is 2.19. The van der Waals surface area contributed by atoms with E-state index in [2.05, 4.69) is 33.9 Å². The van der Waals surface area contributed by atoms with E-state index < -0.39 is 0 Å². The molecule has 0 aliphatic carbocycles. The third kappa shape index (κ3) is 2.51. The van der Waals surface area contributed by atoms with Crippen LogP contribution in [0.2, 0.25) is 0 Å². The van der Waals surface area contributed by atoms with Crippen LogP contribution in [0.1, 0.15) is 30.3 Å². The maximum Gasteiger partial charge on any atom is 0.0864 e. The van der Waals surface area contributed by atoms with Gasteiger partial charge in [-0.05, 0) is 40.9 Å². The number of aromatic nitrogens is 1. The van der Waals surface area contributed by atoms with Crippen LogP contribution in [0.15, 0.2) is 10.5 Å². The Kier molecular flexibility index (Phi) is 3.88. The SMILES string of the molecule is CCCc1cc(Br)c(CO)nc1C. The molecule has 0 atom stereocenters. The Morgan fingerprint density at radius 1 is 1.54 bits per heavy atom. The number of aryl methyl sites for hydroxylation is 2. The molecule has 0 amide bonds. The second-order valence-electron chi connectivity index (χ2n) is 3.07. The van der Waals surface area contributed by atoms with Gasteiger partial charge in [-0.25, -0.2) is 0 Å². The Morgan fingerprint density at radius 2 is 2.23 bits per heavy atom. The first-order valence-electron chi connectivity index (χ1n) is 4.44. The van der Waals surface area contributed by atoms with Crippen molar-refractivity contribution in [3.8, 4) is 0 Å². The van der Waals surface area contributed by atoms with Crippen LogP contribution >= 0.6 is 15.9 Å². The summed E-state index contributed by atoms with van der Waals surface area (Å²) in [5.41, 5.74) is 3.00. The van der Waals surface area contributed by atoms with Gasteiger partial charge in [0.2, 0.25) is 0 Å². The smallest absolute Gasteiger partial charge is 0.0864 e. The first-order valence-corrected chi connectivity index (χ1v) is 5.24. The zero-order chi connectivity index (χ0) is 9.84. The molecule has 0 aromatic carbocycles. The quantitative estimate of drug-likeness (QED) is 0.886. The van der Waals surface area contributed by atoms with E-state index in [-0.39, 0.29) is 6.61 Å². The number of pyridine rings is 1. The van der Waals surface area contributed by atoms with E-state index in [0.717, 1.165) is 28.7 Å². The van der Waals surface area contributed by atoms with E-state index in [1.54, 1.807) is 0 Å². The first kappa shape index (κ1) is 10.7. The van der Waals surface area contributed by atoms with Crippen LogP contribution in [0.4, 0.5) is 0 Å². The molecule has 0 aliphatic rings. The van der Waals surface area contributed by atoms with Gasteiger partial charge in [-0.3, -0.25) is 4.98 Å². The van der Waals surface area contributed by atoms with E-state index in [1.165, 1.54) is 5.56 Å². The lowest BCUT2D eigenvalue weighted by Gasteiger charge is -2.07. The summed E-state index contributed by atoms with van der Waals surface area (Å²) in [5.74, 6) is 0. The van der Waals surface area contributed by atoms with E-state index >= 15 is 0 Å². The predicted molar refractivity (Wildman–Crippen MR) is 56.6 cm³/mol. The fraction of sp³-hybridized carbons (Fsp3) is 0.500. The van der Waals surface area contributed by atoms with Gasteiger partial charge in [-0.15, -0.1) is 0 Å². The largest absolute Gasteiger partial charge is 0.390 e. The summed E-state index contributed by atoms with van der Waals surface area (Å²) in [6.45, 7) is 4.12. The zero-order valence-electron chi connectivity index (χ0n) is 7.97. The van der Waals surface area contributed by atoms with Crippen molar-refractivity contribution in [1.29, 1.82) is 0 Å². The molecule has 1 aromatic rings. The van der Waals surface area contributed by atoms with Gasteiger partial charge in [0.25, 0.3) is 0 Å². The second-order valence-corrected chi connectivity index (χ2v) is 3.92. The Morgan fingerprint density at radius 3 is 2.77 bits per heavy atom. The Labute approximate surface area is 87.1 Å². The molecule has 0 saturated heterocycles. The summed E-state index contributed by atoms with van der Waals surface area (Å²) in [7, 11) is 0. The van der Waals surface area contributed by atoms with Crippen LogP contribution in [0.25, 0.3) is 0 Å². The highest BCUT2D eigenvalue weighted by atomic mass is 79.9. The fourth-order valence-corrected chi connectivity index (χ4v) is 1.79. The molecule has 2 nitrogen and oxygen atoms in total. The minimum Gasteiger partial charge on any atom is -0.390 e. The van der Waals surface area contributed by atoms with E-state index in [4.69, 9.17) is 5.11 Å². The topological polar surface area (TPSA) is 33.1 Å². The number of hydrogen-bond donors (Lipinski definition) is 1. The summed E-state index contributed by atoms with van der Waals surface area (Å²) in [5, 5.41) is 8.97. The Bertz CT molecular complexity index is 299. The number of aliphatic hydroxyl groups excluding tert-OH is 1.